The molecule has 3 aromatic rings. The van der Waals surface area contributed by atoms with Crippen LogP contribution in [0.3, 0.4) is 0 Å². The van der Waals surface area contributed by atoms with E-state index in [0.29, 0.717) is 17.0 Å². The molecule has 0 amide bonds. The monoisotopic (exact) mass is 336 g/mol. The average molecular weight is 336 g/mol. The number of aromatic nitrogens is 2. The van der Waals surface area contributed by atoms with Crippen LogP contribution in [-0.2, 0) is 22.4 Å². The molecule has 2 heterocycles. The molecule has 0 atom stereocenters. The second kappa shape index (κ2) is 6.89. The normalized spacial score (nSPS) is 10.8. The van der Waals surface area contributed by atoms with Crippen LogP contribution in [-0.4, -0.2) is 28.8 Å². The van der Waals surface area contributed by atoms with Crippen molar-refractivity contribution in [1.82, 2.24) is 9.97 Å². The number of pyridine rings is 1. The minimum absolute atomic E-state index is 0.0366. The third-order valence-corrected chi connectivity index (χ3v) is 4.30. The standard InChI is InChI=1S/C20H20N2O3/c1-4-13-5-6-14-15(11-18(23)25-3)19(22-16(14)10-13)20(24)17-9-12(2)7-8-21-17/h5-10,22H,4,11H2,1-3H3. The van der Waals surface area contributed by atoms with Crippen LogP contribution in [0.2, 0.25) is 0 Å². The van der Waals surface area contributed by atoms with E-state index >= 15 is 0 Å². The molecule has 0 fully saturated rings. The molecule has 0 unspecified atom stereocenters. The molecule has 25 heavy (non-hydrogen) atoms. The predicted octanol–water partition coefficient (Wildman–Crippen LogP) is 3.38. The molecule has 5 heteroatoms. The molecule has 2 aromatic heterocycles. The topological polar surface area (TPSA) is 72.1 Å². The van der Waals surface area contributed by atoms with Crippen molar-refractivity contribution in [1.29, 1.82) is 0 Å². The Labute approximate surface area is 146 Å². The lowest BCUT2D eigenvalue weighted by atomic mass is 10.0. The number of methoxy groups -OCH3 is 1. The van der Waals surface area contributed by atoms with Gasteiger partial charge in [-0.3, -0.25) is 14.6 Å². The van der Waals surface area contributed by atoms with Gasteiger partial charge in [0.15, 0.2) is 0 Å². The molecular formula is C20H20N2O3. The highest BCUT2D eigenvalue weighted by Crippen LogP contribution is 2.26. The molecule has 0 aliphatic rings. The highest BCUT2D eigenvalue weighted by molar-refractivity contribution is 6.11. The Morgan fingerprint density at radius 2 is 2.00 bits per heavy atom. The number of ketones is 1. The zero-order chi connectivity index (χ0) is 18.0. The lowest BCUT2D eigenvalue weighted by molar-refractivity contribution is -0.139. The van der Waals surface area contributed by atoms with Crippen molar-refractivity contribution in [3.63, 3.8) is 0 Å². The van der Waals surface area contributed by atoms with Gasteiger partial charge >= 0.3 is 5.97 Å². The number of fused-ring (bicyclic) bond motifs is 1. The number of aromatic amines is 1. The largest absolute Gasteiger partial charge is 0.469 e. The van der Waals surface area contributed by atoms with Gasteiger partial charge in [0.25, 0.3) is 0 Å². The first-order chi connectivity index (χ1) is 12.0. The van der Waals surface area contributed by atoms with Crippen molar-refractivity contribution in [2.75, 3.05) is 7.11 Å². The molecule has 0 aliphatic carbocycles. The van der Waals surface area contributed by atoms with E-state index in [4.69, 9.17) is 4.74 Å². The van der Waals surface area contributed by atoms with E-state index in [2.05, 4.69) is 16.9 Å². The Morgan fingerprint density at radius 3 is 2.68 bits per heavy atom. The van der Waals surface area contributed by atoms with E-state index in [1.165, 1.54) is 7.11 Å². The minimum Gasteiger partial charge on any atom is -0.469 e. The zero-order valence-corrected chi connectivity index (χ0v) is 14.6. The maximum atomic E-state index is 13.0. The first kappa shape index (κ1) is 16.9. The fraction of sp³-hybridized carbons (Fsp3) is 0.250. The smallest absolute Gasteiger partial charge is 0.310 e. The molecular weight excluding hydrogens is 316 g/mol. The van der Waals surface area contributed by atoms with Crippen molar-refractivity contribution < 1.29 is 14.3 Å². The number of hydrogen-bond acceptors (Lipinski definition) is 4. The van der Waals surface area contributed by atoms with Crippen LogP contribution >= 0.6 is 0 Å². The van der Waals surface area contributed by atoms with Gasteiger partial charge in [-0.1, -0.05) is 19.1 Å². The summed E-state index contributed by atoms with van der Waals surface area (Å²) >= 11 is 0. The summed E-state index contributed by atoms with van der Waals surface area (Å²) in [5.41, 5.74) is 4.36. The van der Waals surface area contributed by atoms with Crippen molar-refractivity contribution in [2.45, 2.75) is 26.7 Å². The molecule has 128 valence electrons. The average Bonchev–Trinajstić information content (AvgIpc) is 2.98. The molecule has 0 aliphatic heterocycles. The highest BCUT2D eigenvalue weighted by atomic mass is 16.5. The van der Waals surface area contributed by atoms with Crippen LogP contribution in [0.25, 0.3) is 10.9 Å². The Balaban J connectivity index is 2.16. The predicted molar refractivity (Wildman–Crippen MR) is 95.8 cm³/mol. The lowest BCUT2D eigenvalue weighted by Gasteiger charge is -2.04. The van der Waals surface area contributed by atoms with Crippen molar-refractivity contribution in [3.05, 3.63) is 64.6 Å². The van der Waals surface area contributed by atoms with Gasteiger partial charge in [-0.25, -0.2) is 0 Å². The molecule has 0 saturated carbocycles. The first-order valence-electron chi connectivity index (χ1n) is 8.21. The van der Waals surface area contributed by atoms with Gasteiger partial charge in [0.1, 0.15) is 5.69 Å². The second-order valence-electron chi connectivity index (χ2n) is 6.01. The van der Waals surface area contributed by atoms with Crippen molar-refractivity contribution in [2.24, 2.45) is 0 Å². The zero-order valence-electron chi connectivity index (χ0n) is 14.6. The summed E-state index contributed by atoms with van der Waals surface area (Å²) in [5, 5.41) is 0.860. The quantitative estimate of drug-likeness (QED) is 0.573. The Bertz CT molecular complexity index is 957. The third-order valence-electron chi connectivity index (χ3n) is 4.30. The van der Waals surface area contributed by atoms with Gasteiger partial charge in [0.2, 0.25) is 5.78 Å². The van der Waals surface area contributed by atoms with Crippen LogP contribution < -0.4 is 0 Å². The van der Waals surface area contributed by atoms with Crippen LogP contribution in [0.5, 0.6) is 0 Å². The van der Waals surface area contributed by atoms with E-state index in [0.717, 1.165) is 28.5 Å². The number of carbonyl (C=O) groups is 2. The molecule has 1 aromatic carbocycles. The summed E-state index contributed by atoms with van der Waals surface area (Å²) in [6.07, 6.45) is 2.54. The maximum absolute atomic E-state index is 13.0. The van der Waals surface area contributed by atoms with Gasteiger partial charge in [-0.15, -0.1) is 0 Å². The molecule has 5 nitrogen and oxygen atoms in total. The van der Waals surface area contributed by atoms with E-state index in [9.17, 15) is 9.59 Å². The first-order valence-corrected chi connectivity index (χ1v) is 8.21. The Kier molecular flexibility index (Phi) is 4.65. The molecule has 1 N–H and O–H groups in total. The van der Waals surface area contributed by atoms with E-state index in [1.807, 2.05) is 31.2 Å². The summed E-state index contributed by atoms with van der Waals surface area (Å²) in [5.74, 6) is -0.608. The molecule has 0 bridgehead atoms. The van der Waals surface area contributed by atoms with Crippen LogP contribution in [0.1, 0.15) is 39.8 Å². The lowest BCUT2D eigenvalue weighted by Crippen LogP contribution is -2.11. The Morgan fingerprint density at radius 1 is 1.20 bits per heavy atom. The van der Waals surface area contributed by atoms with Crippen molar-refractivity contribution in [3.8, 4) is 0 Å². The number of aryl methyl sites for hydroxylation is 2. The third kappa shape index (κ3) is 3.31. The van der Waals surface area contributed by atoms with Gasteiger partial charge in [-0.2, -0.15) is 0 Å². The fourth-order valence-corrected chi connectivity index (χ4v) is 2.91. The van der Waals surface area contributed by atoms with E-state index in [-0.39, 0.29) is 18.2 Å². The van der Waals surface area contributed by atoms with Crippen LogP contribution in [0, 0.1) is 6.92 Å². The molecule has 0 radical (unpaired) electrons. The number of rotatable bonds is 5. The summed E-state index contributed by atoms with van der Waals surface area (Å²) in [6.45, 7) is 3.98. The van der Waals surface area contributed by atoms with Gasteiger partial charge in [-0.05, 0) is 42.7 Å². The minimum atomic E-state index is -0.383. The number of nitrogens with zero attached hydrogens (tertiary/aromatic N) is 1. The maximum Gasteiger partial charge on any atom is 0.310 e. The number of nitrogens with one attached hydrogen (secondary N) is 1. The van der Waals surface area contributed by atoms with E-state index < -0.39 is 0 Å². The van der Waals surface area contributed by atoms with E-state index in [1.54, 1.807) is 12.3 Å². The summed E-state index contributed by atoms with van der Waals surface area (Å²) in [7, 11) is 1.34. The fourth-order valence-electron chi connectivity index (χ4n) is 2.91. The highest BCUT2D eigenvalue weighted by Gasteiger charge is 2.22. The number of ether oxygens (including phenoxy) is 1. The SMILES string of the molecule is CCc1ccc2c(CC(=O)OC)c(C(=O)c3cc(C)ccn3)[nH]c2c1. The number of carbonyl (C=O) groups excluding carboxylic acids is 2. The molecule has 3 rings (SSSR count). The number of benzene rings is 1. The van der Waals surface area contributed by atoms with Crippen LogP contribution in [0.4, 0.5) is 0 Å². The second-order valence-corrected chi connectivity index (χ2v) is 6.01. The number of esters is 1. The van der Waals surface area contributed by atoms with Crippen molar-refractivity contribution >= 4 is 22.7 Å². The summed E-state index contributed by atoms with van der Waals surface area (Å²) in [4.78, 5) is 32.2. The molecule has 0 spiro atoms. The molecule has 0 saturated heterocycles. The van der Waals surface area contributed by atoms with Gasteiger partial charge in [0, 0.05) is 22.7 Å². The number of hydrogen-bond donors (Lipinski definition) is 1. The van der Waals surface area contributed by atoms with Crippen LogP contribution in [0.15, 0.2) is 36.5 Å². The van der Waals surface area contributed by atoms with Gasteiger partial charge in [0.05, 0.1) is 19.2 Å². The summed E-state index contributed by atoms with van der Waals surface area (Å²) < 4.78 is 4.80. The van der Waals surface area contributed by atoms with Gasteiger partial charge < -0.3 is 9.72 Å². The number of H-pyrrole nitrogens is 1. The summed E-state index contributed by atoms with van der Waals surface area (Å²) in [6, 6.07) is 9.55. The Hall–Kier alpha value is -2.95.